The fourth-order valence-corrected chi connectivity index (χ4v) is 3.68. The van der Waals surface area contributed by atoms with Gasteiger partial charge in [0.1, 0.15) is 5.82 Å². The van der Waals surface area contributed by atoms with Gasteiger partial charge in [0.2, 0.25) is 0 Å². The zero-order valence-electron chi connectivity index (χ0n) is 19.4. The van der Waals surface area contributed by atoms with Crippen LogP contribution in [0.15, 0.2) is 54.7 Å². The second-order valence-corrected chi connectivity index (χ2v) is 8.39. The molecule has 1 atom stereocenters. The van der Waals surface area contributed by atoms with E-state index in [1.165, 1.54) is 5.82 Å². The highest BCUT2D eigenvalue weighted by Gasteiger charge is 2.38. The lowest BCUT2D eigenvalue weighted by Crippen LogP contribution is -2.36. The summed E-state index contributed by atoms with van der Waals surface area (Å²) in [6.45, 7) is 5.80. The highest BCUT2D eigenvalue weighted by molar-refractivity contribution is 6.04. The van der Waals surface area contributed by atoms with Crippen LogP contribution < -0.4 is 10.6 Å². The third-order valence-electron chi connectivity index (χ3n) is 5.45. The van der Waals surface area contributed by atoms with Crippen molar-refractivity contribution >= 4 is 17.6 Å². The predicted octanol–water partition coefficient (Wildman–Crippen LogP) is 4.49. The maximum Gasteiger partial charge on any atom is 0.490 e. The van der Waals surface area contributed by atoms with Gasteiger partial charge in [0, 0.05) is 43.0 Å². The van der Waals surface area contributed by atoms with Crippen LogP contribution in [-0.4, -0.2) is 38.8 Å². The molecular weight excluding hydrogens is 461 g/mol. The van der Waals surface area contributed by atoms with Gasteiger partial charge in [0.05, 0.1) is 5.69 Å². The van der Waals surface area contributed by atoms with Crippen LogP contribution in [0.1, 0.15) is 39.4 Å². The summed E-state index contributed by atoms with van der Waals surface area (Å²) >= 11 is 0. The fourth-order valence-electron chi connectivity index (χ4n) is 3.68. The number of carbonyl (C=O) groups is 2. The molecule has 7 nitrogen and oxygen atoms in total. The zero-order chi connectivity index (χ0) is 25.6. The van der Waals surface area contributed by atoms with Crippen molar-refractivity contribution in [2.75, 3.05) is 5.32 Å². The molecule has 1 amide bonds. The lowest BCUT2D eigenvalue weighted by Gasteiger charge is -2.25. The Hall–Kier alpha value is -3.66. The Morgan fingerprint density at radius 2 is 1.83 bits per heavy atom. The van der Waals surface area contributed by atoms with Gasteiger partial charge in [-0.3, -0.25) is 4.79 Å². The zero-order valence-corrected chi connectivity index (χ0v) is 19.4. The van der Waals surface area contributed by atoms with Crippen LogP contribution in [0.2, 0.25) is 0 Å². The minimum Gasteiger partial charge on any atom is -0.475 e. The number of benzene rings is 2. The normalized spacial score (nSPS) is 14.9. The Morgan fingerprint density at radius 3 is 2.49 bits per heavy atom. The average molecular weight is 489 g/mol. The molecule has 186 valence electrons. The first-order valence-corrected chi connectivity index (χ1v) is 11.0. The number of hydrogen-bond donors (Lipinski definition) is 3. The van der Waals surface area contributed by atoms with Crippen molar-refractivity contribution < 1.29 is 27.9 Å². The van der Waals surface area contributed by atoms with Crippen LogP contribution in [0.4, 0.5) is 18.9 Å². The van der Waals surface area contributed by atoms with Crippen LogP contribution in [0.25, 0.3) is 0 Å². The number of fused-ring (bicyclic) bond motifs is 1. The number of carboxylic acid groups (broad SMARTS) is 1. The second kappa shape index (κ2) is 11.2. The molecule has 4 rings (SSSR count). The van der Waals surface area contributed by atoms with Crippen LogP contribution in [0.5, 0.6) is 0 Å². The molecule has 3 N–H and O–H groups in total. The number of carboxylic acids is 1. The molecular formula is C25H27F3N4O3. The second-order valence-electron chi connectivity index (χ2n) is 8.39. The van der Waals surface area contributed by atoms with Crippen molar-refractivity contribution in [3.05, 3.63) is 82.9 Å². The third kappa shape index (κ3) is 7.68. The Balaban J connectivity index is 0.000000429. The molecule has 2 aromatic carbocycles. The van der Waals surface area contributed by atoms with Gasteiger partial charge >= 0.3 is 12.1 Å². The van der Waals surface area contributed by atoms with Crippen molar-refractivity contribution in [2.45, 2.75) is 52.0 Å². The van der Waals surface area contributed by atoms with Crippen molar-refractivity contribution in [3.8, 4) is 0 Å². The number of halogens is 3. The van der Waals surface area contributed by atoms with Gasteiger partial charge in [0.15, 0.2) is 0 Å². The molecule has 0 aliphatic carbocycles. The monoisotopic (exact) mass is 488 g/mol. The topological polar surface area (TPSA) is 96.3 Å². The van der Waals surface area contributed by atoms with Crippen LogP contribution >= 0.6 is 0 Å². The van der Waals surface area contributed by atoms with Crippen LogP contribution in [-0.2, 0) is 24.3 Å². The largest absolute Gasteiger partial charge is 0.490 e. The third-order valence-corrected chi connectivity index (χ3v) is 5.45. The molecule has 10 heteroatoms. The van der Waals surface area contributed by atoms with E-state index in [-0.39, 0.29) is 5.91 Å². The molecule has 1 unspecified atom stereocenters. The average Bonchev–Trinajstić information content (AvgIpc) is 3.17. The SMILES string of the molecule is Cc1ccc(C(=O)Nc2cccc(CNC3CCc4nc(C)cn4C3)c2)cc1.O=C(O)C(F)(F)F. The summed E-state index contributed by atoms with van der Waals surface area (Å²) in [5.74, 6) is -1.65. The quantitative estimate of drug-likeness (QED) is 0.492. The van der Waals surface area contributed by atoms with E-state index in [9.17, 15) is 18.0 Å². The first-order chi connectivity index (χ1) is 16.5. The Kier molecular flexibility index (Phi) is 8.29. The van der Waals surface area contributed by atoms with Crippen molar-refractivity contribution in [2.24, 2.45) is 0 Å². The number of aromatic nitrogens is 2. The predicted molar refractivity (Wildman–Crippen MR) is 125 cm³/mol. The molecule has 0 spiro atoms. The van der Waals surface area contributed by atoms with Crippen LogP contribution in [0.3, 0.4) is 0 Å². The van der Waals surface area contributed by atoms with Gasteiger partial charge in [-0.15, -0.1) is 0 Å². The lowest BCUT2D eigenvalue weighted by atomic mass is 10.1. The molecule has 1 aromatic heterocycles. The van der Waals surface area contributed by atoms with E-state index in [2.05, 4.69) is 32.4 Å². The number of nitrogens with one attached hydrogen (secondary N) is 2. The first-order valence-electron chi connectivity index (χ1n) is 11.0. The van der Waals surface area contributed by atoms with E-state index in [4.69, 9.17) is 9.90 Å². The number of hydrogen-bond acceptors (Lipinski definition) is 4. The summed E-state index contributed by atoms with van der Waals surface area (Å²) in [5.41, 5.74) is 4.89. The van der Waals surface area contributed by atoms with Crippen molar-refractivity contribution in [1.29, 1.82) is 0 Å². The summed E-state index contributed by atoms with van der Waals surface area (Å²) in [6, 6.07) is 16.1. The number of imidazole rings is 1. The van der Waals surface area contributed by atoms with Gasteiger partial charge in [-0.05, 0) is 50.1 Å². The number of rotatable bonds is 5. The molecule has 35 heavy (non-hydrogen) atoms. The van der Waals surface area contributed by atoms with E-state index < -0.39 is 12.1 Å². The summed E-state index contributed by atoms with van der Waals surface area (Å²) in [6.07, 6.45) is -0.844. The smallest absolute Gasteiger partial charge is 0.475 e. The molecule has 2 heterocycles. The Morgan fingerprint density at radius 1 is 1.14 bits per heavy atom. The van der Waals surface area contributed by atoms with E-state index in [1.807, 2.05) is 56.3 Å². The number of aryl methyl sites for hydroxylation is 3. The highest BCUT2D eigenvalue weighted by atomic mass is 19.4. The number of anilines is 1. The molecule has 0 radical (unpaired) electrons. The number of aliphatic carboxylic acids is 1. The number of carbonyl (C=O) groups excluding carboxylic acids is 1. The Bertz CT molecular complexity index is 1170. The molecule has 1 aliphatic rings. The van der Waals surface area contributed by atoms with Gasteiger partial charge in [-0.1, -0.05) is 29.8 Å². The molecule has 1 aliphatic heterocycles. The summed E-state index contributed by atoms with van der Waals surface area (Å²) < 4.78 is 34.0. The minimum atomic E-state index is -5.08. The van der Waals surface area contributed by atoms with E-state index in [0.717, 1.165) is 48.4 Å². The highest BCUT2D eigenvalue weighted by Crippen LogP contribution is 2.17. The number of nitrogens with zero attached hydrogens (tertiary/aromatic N) is 2. The maximum absolute atomic E-state index is 12.4. The van der Waals surface area contributed by atoms with E-state index in [1.54, 1.807) is 0 Å². The van der Waals surface area contributed by atoms with Crippen molar-refractivity contribution in [1.82, 2.24) is 14.9 Å². The molecule has 0 fully saturated rings. The van der Waals surface area contributed by atoms with Crippen LogP contribution in [0, 0.1) is 13.8 Å². The first kappa shape index (κ1) is 26.0. The summed E-state index contributed by atoms with van der Waals surface area (Å²) in [7, 11) is 0. The standard InChI is InChI=1S/C23H26N4O.C2HF3O2/c1-16-6-8-19(9-7-16)23(28)26-20-5-3-4-18(12-20)13-24-21-10-11-22-25-17(2)14-27(22)15-21;3-2(4,5)1(6)7/h3-9,12,14,21,24H,10-11,13,15H2,1-2H3,(H,26,28);(H,6,7). The molecule has 0 saturated heterocycles. The molecule has 0 saturated carbocycles. The number of alkyl halides is 3. The van der Waals surface area contributed by atoms with Gasteiger partial charge in [0.25, 0.3) is 5.91 Å². The summed E-state index contributed by atoms with van der Waals surface area (Å²) in [4.78, 5) is 25.9. The Labute approximate surface area is 201 Å². The lowest BCUT2D eigenvalue weighted by molar-refractivity contribution is -0.192. The minimum absolute atomic E-state index is 0.0830. The van der Waals surface area contributed by atoms with Gasteiger partial charge in [-0.25, -0.2) is 9.78 Å². The van der Waals surface area contributed by atoms with Crippen molar-refractivity contribution in [3.63, 3.8) is 0 Å². The van der Waals surface area contributed by atoms with E-state index in [0.29, 0.717) is 11.6 Å². The molecule has 3 aromatic rings. The van der Waals surface area contributed by atoms with E-state index >= 15 is 0 Å². The van der Waals surface area contributed by atoms with Gasteiger partial charge < -0.3 is 20.3 Å². The fraction of sp³-hybridized carbons (Fsp3) is 0.320. The summed E-state index contributed by atoms with van der Waals surface area (Å²) in [5, 5.41) is 13.8. The van der Waals surface area contributed by atoms with Gasteiger partial charge in [-0.2, -0.15) is 13.2 Å². The number of amides is 1. The molecule has 0 bridgehead atoms. The maximum atomic E-state index is 12.4.